The number of halogens is 1. The van der Waals surface area contributed by atoms with Gasteiger partial charge >= 0.3 is 5.97 Å². The fourth-order valence-electron chi connectivity index (χ4n) is 2.43. The van der Waals surface area contributed by atoms with E-state index in [4.69, 9.17) is 4.84 Å². The van der Waals surface area contributed by atoms with Crippen LogP contribution in [0.4, 0.5) is 4.39 Å². The van der Waals surface area contributed by atoms with E-state index in [9.17, 15) is 27.2 Å². The Morgan fingerprint density at radius 3 is 2.11 bits per heavy atom. The summed E-state index contributed by atoms with van der Waals surface area (Å²) in [5.41, 5.74) is 0.129. The highest BCUT2D eigenvalue weighted by molar-refractivity contribution is 7.89. The van der Waals surface area contributed by atoms with Crippen LogP contribution in [0.2, 0.25) is 0 Å². The molecule has 3 rings (SSSR count). The quantitative estimate of drug-likeness (QED) is 0.767. The second-order valence-corrected chi connectivity index (χ2v) is 7.32. The van der Waals surface area contributed by atoms with E-state index in [1.165, 1.54) is 24.3 Å². The Kier molecular flexibility index (Phi) is 4.77. The Hall–Kier alpha value is -3.11. The Balaban J connectivity index is 1.73. The van der Waals surface area contributed by atoms with Gasteiger partial charge in [0, 0.05) is 0 Å². The molecule has 0 radical (unpaired) electrons. The number of benzene rings is 2. The molecular weight excluding hydrogens is 379 g/mol. The van der Waals surface area contributed by atoms with Crippen molar-refractivity contribution in [1.82, 2.24) is 9.79 Å². The molecule has 140 valence electrons. The monoisotopic (exact) mass is 392 g/mol. The summed E-state index contributed by atoms with van der Waals surface area (Å²) in [6.45, 7) is 1.14. The van der Waals surface area contributed by atoms with Crippen LogP contribution >= 0.6 is 0 Å². The largest absolute Gasteiger partial charge is 0.350 e. The molecule has 2 aromatic rings. The van der Waals surface area contributed by atoms with Crippen molar-refractivity contribution >= 4 is 27.8 Å². The summed E-state index contributed by atoms with van der Waals surface area (Å²) in [5.74, 6) is -3.88. The zero-order valence-electron chi connectivity index (χ0n) is 13.9. The lowest BCUT2D eigenvalue weighted by Gasteiger charge is -2.17. The Bertz CT molecular complexity index is 1020. The highest BCUT2D eigenvalue weighted by atomic mass is 32.2. The summed E-state index contributed by atoms with van der Waals surface area (Å²) < 4.78 is 40.0. The average molecular weight is 392 g/mol. The summed E-state index contributed by atoms with van der Waals surface area (Å²) in [4.78, 5) is 40.6. The highest BCUT2D eigenvalue weighted by Crippen LogP contribution is 2.23. The number of nitrogens with one attached hydrogen (secondary N) is 1. The van der Waals surface area contributed by atoms with Gasteiger partial charge in [-0.2, -0.15) is 4.72 Å². The molecule has 1 aliphatic heterocycles. The Labute approximate surface area is 153 Å². The van der Waals surface area contributed by atoms with Crippen LogP contribution in [-0.4, -0.2) is 37.3 Å². The van der Waals surface area contributed by atoms with E-state index in [0.29, 0.717) is 0 Å². The molecule has 2 aromatic carbocycles. The second kappa shape index (κ2) is 6.89. The minimum absolute atomic E-state index is 0.0647. The zero-order chi connectivity index (χ0) is 19.8. The van der Waals surface area contributed by atoms with E-state index < -0.39 is 44.6 Å². The van der Waals surface area contributed by atoms with Crippen molar-refractivity contribution < 1.29 is 32.0 Å². The molecule has 0 aliphatic carbocycles. The minimum Gasteiger partial charge on any atom is -0.328 e. The third-order valence-corrected chi connectivity index (χ3v) is 5.32. The maximum Gasteiger partial charge on any atom is 0.350 e. The smallest absolute Gasteiger partial charge is 0.328 e. The van der Waals surface area contributed by atoms with Gasteiger partial charge in [0.15, 0.2) is 0 Å². The molecule has 1 atom stereocenters. The first-order valence-electron chi connectivity index (χ1n) is 7.69. The lowest BCUT2D eigenvalue weighted by atomic mass is 10.1. The fourth-order valence-corrected chi connectivity index (χ4v) is 3.70. The number of hydrogen-bond acceptors (Lipinski definition) is 6. The standard InChI is InChI=1S/C17H13FN2O6S/c1-10(19-27(24,25)14-9-5-4-8-13(14)18)17(23)26-20-15(21)11-6-2-3-7-12(11)16(20)22/h2-10,19H,1H3/t10-/m0/s1. The molecule has 8 nitrogen and oxygen atoms in total. The average Bonchev–Trinajstić information content (AvgIpc) is 2.87. The number of rotatable bonds is 5. The van der Waals surface area contributed by atoms with E-state index in [1.807, 2.05) is 4.72 Å². The van der Waals surface area contributed by atoms with Crippen LogP contribution in [0.25, 0.3) is 0 Å². The molecule has 0 saturated heterocycles. The van der Waals surface area contributed by atoms with Crippen molar-refractivity contribution in [3.63, 3.8) is 0 Å². The molecule has 0 fully saturated rings. The van der Waals surface area contributed by atoms with Gasteiger partial charge in [-0.3, -0.25) is 9.59 Å². The molecule has 1 aliphatic rings. The summed E-state index contributed by atoms with van der Waals surface area (Å²) in [5, 5.41) is 0.265. The molecule has 2 amide bonds. The summed E-state index contributed by atoms with van der Waals surface area (Å²) in [7, 11) is -4.36. The minimum atomic E-state index is -4.36. The predicted molar refractivity (Wildman–Crippen MR) is 89.2 cm³/mol. The lowest BCUT2D eigenvalue weighted by Crippen LogP contribution is -2.43. The molecule has 10 heteroatoms. The number of amides is 2. The van der Waals surface area contributed by atoms with Gasteiger partial charge in [0.05, 0.1) is 11.1 Å². The van der Waals surface area contributed by atoms with Crippen LogP contribution in [0.15, 0.2) is 53.4 Å². The van der Waals surface area contributed by atoms with Crippen molar-refractivity contribution in [2.75, 3.05) is 0 Å². The van der Waals surface area contributed by atoms with E-state index >= 15 is 0 Å². The van der Waals surface area contributed by atoms with Gasteiger partial charge in [-0.05, 0) is 31.2 Å². The summed E-state index contributed by atoms with van der Waals surface area (Å²) in [6.07, 6.45) is 0. The number of sulfonamides is 1. The summed E-state index contributed by atoms with van der Waals surface area (Å²) in [6, 6.07) is 9.01. The van der Waals surface area contributed by atoms with Gasteiger partial charge in [0.1, 0.15) is 16.8 Å². The van der Waals surface area contributed by atoms with Gasteiger partial charge in [0.2, 0.25) is 10.0 Å². The second-order valence-electron chi connectivity index (χ2n) is 5.63. The number of hydrogen-bond donors (Lipinski definition) is 1. The van der Waals surface area contributed by atoms with Crippen LogP contribution in [-0.2, 0) is 19.7 Å². The molecule has 0 unspecified atom stereocenters. The molecule has 1 N–H and O–H groups in total. The van der Waals surface area contributed by atoms with Gasteiger partial charge in [-0.15, -0.1) is 0 Å². The third-order valence-electron chi connectivity index (χ3n) is 3.75. The number of nitrogens with zero attached hydrogens (tertiary/aromatic N) is 1. The molecule has 0 spiro atoms. The first-order valence-corrected chi connectivity index (χ1v) is 9.17. The van der Waals surface area contributed by atoms with Crippen molar-refractivity contribution in [1.29, 1.82) is 0 Å². The number of fused-ring (bicyclic) bond motifs is 1. The van der Waals surface area contributed by atoms with Gasteiger partial charge < -0.3 is 4.84 Å². The molecule has 0 aromatic heterocycles. The highest BCUT2D eigenvalue weighted by Gasteiger charge is 2.39. The molecule has 27 heavy (non-hydrogen) atoms. The normalized spacial score (nSPS) is 14.8. The Morgan fingerprint density at radius 2 is 1.56 bits per heavy atom. The summed E-state index contributed by atoms with van der Waals surface area (Å²) >= 11 is 0. The maximum absolute atomic E-state index is 13.7. The van der Waals surface area contributed by atoms with Crippen molar-refractivity contribution in [3.05, 3.63) is 65.5 Å². The number of carbonyl (C=O) groups is 3. The number of hydroxylamine groups is 2. The van der Waals surface area contributed by atoms with E-state index in [0.717, 1.165) is 19.1 Å². The first kappa shape index (κ1) is 18.7. The Morgan fingerprint density at radius 1 is 1.04 bits per heavy atom. The lowest BCUT2D eigenvalue weighted by molar-refractivity contribution is -0.170. The maximum atomic E-state index is 13.7. The van der Waals surface area contributed by atoms with Crippen LogP contribution in [0.5, 0.6) is 0 Å². The van der Waals surface area contributed by atoms with Crippen molar-refractivity contribution in [2.45, 2.75) is 17.9 Å². The molecule has 0 bridgehead atoms. The van der Waals surface area contributed by atoms with E-state index in [2.05, 4.69) is 0 Å². The fraction of sp³-hybridized carbons (Fsp3) is 0.118. The van der Waals surface area contributed by atoms with E-state index in [1.54, 1.807) is 12.1 Å². The zero-order valence-corrected chi connectivity index (χ0v) is 14.7. The first-order chi connectivity index (χ1) is 12.7. The van der Waals surface area contributed by atoms with Gasteiger partial charge in [0.25, 0.3) is 11.8 Å². The van der Waals surface area contributed by atoms with Crippen LogP contribution in [0, 0.1) is 5.82 Å². The number of imide groups is 1. The van der Waals surface area contributed by atoms with Crippen LogP contribution in [0.3, 0.4) is 0 Å². The number of carbonyl (C=O) groups excluding carboxylic acids is 3. The van der Waals surface area contributed by atoms with Crippen molar-refractivity contribution in [2.24, 2.45) is 0 Å². The van der Waals surface area contributed by atoms with Crippen LogP contribution < -0.4 is 4.72 Å². The molecule has 1 heterocycles. The molecular formula is C17H13FN2O6S. The van der Waals surface area contributed by atoms with Gasteiger partial charge in [-0.25, -0.2) is 17.6 Å². The van der Waals surface area contributed by atoms with Gasteiger partial charge in [-0.1, -0.05) is 29.3 Å². The topological polar surface area (TPSA) is 110 Å². The third kappa shape index (κ3) is 3.44. The van der Waals surface area contributed by atoms with Crippen LogP contribution in [0.1, 0.15) is 27.6 Å². The molecule has 0 saturated carbocycles. The predicted octanol–water partition coefficient (Wildman–Crippen LogP) is 1.25. The SMILES string of the molecule is C[C@H](NS(=O)(=O)c1ccccc1F)C(=O)ON1C(=O)c2ccccc2C1=O. The van der Waals surface area contributed by atoms with Crippen molar-refractivity contribution in [3.8, 4) is 0 Å². The van der Waals surface area contributed by atoms with E-state index in [-0.39, 0.29) is 16.2 Å².